The van der Waals surface area contributed by atoms with Crippen molar-refractivity contribution in [2.75, 3.05) is 5.75 Å². The van der Waals surface area contributed by atoms with Crippen LogP contribution in [-0.2, 0) is 13.6 Å². The molecule has 0 spiro atoms. The number of ketones is 1. The molecule has 0 aromatic carbocycles. The first-order valence-corrected chi connectivity index (χ1v) is 26.4. The summed E-state index contributed by atoms with van der Waals surface area (Å²) in [5.41, 5.74) is 2.43. The van der Waals surface area contributed by atoms with Gasteiger partial charge < -0.3 is 14.0 Å². The lowest BCUT2D eigenvalue weighted by atomic mass is 9.49. The molecule has 4 aliphatic rings. The standard InChI is InChI=1S/C41H74O4SSi2/c1-16-41(43,17-2)22-18-24-46-28(3)36-34(42)27-33-31-20-19-29-25-30(44-47(12,13)37(4,5)6)26-35(45-48(14,15)38(7,8)9)40(29,11)32(31)21-23-39(33,36)10/h19-20,28,30,32-33,35-36,43H,16-18,21-27H2,1-15H3/t28?,30-,32+,33+,35+,36+,39+,40+/m1/s1. The molecular weight excluding hydrogens is 645 g/mol. The Bertz CT molecular complexity index is 1240. The van der Waals surface area contributed by atoms with Crippen molar-refractivity contribution in [2.45, 2.75) is 193 Å². The van der Waals surface area contributed by atoms with Crippen molar-refractivity contribution in [1.29, 1.82) is 0 Å². The molecule has 4 rings (SSSR count). The van der Waals surface area contributed by atoms with E-state index in [4.69, 9.17) is 8.85 Å². The fraction of sp³-hybridized carbons (Fsp3) is 0.878. The molecule has 1 unspecified atom stereocenters. The molecule has 1 N–H and O–H groups in total. The lowest BCUT2D eigenvalue weighted by molar-refractivity contribution is -0.122. The minimum absolute atomic E-state index is 0.000456. The second kappa shape index (κ2) is 14.0. The van der Waals surface area contributed by atoms with Crippen LogP contribution in [0.15, 0.2) is 23.3 Å². The average molecular weight is 719 g/mol. The van der Waals surface area contributed by atoms with E-state index in [0.717, 1.165) is 57.1 Å². The van der Waals surface area contributed by atoms with Gasteiger partial charge in [-0.25, -0.2) is 0 Å². The van der Waals surface area contributed by atoms with Crippen LogP contribution in [0.3, 0.4) is 0 Å². The van der Waals surface area contributed by atoms with Gasteiger partial charge in [0, 0.05) is 23.0 Å². The Labute approximate surface area is 302 Å². The molecule has 7 heteroatoms. The van der Waals surface area contributed by atoms with Gasteiger partial charge in [-0.1, -0.05) is 99.5 Å². The highest BCUT2D eigenvalue weighted by molar-refractivity contribution is 7.99. The van der Waals surface area contributed by atoms with Crippen molar-refractivity contribution in [3.63, 3.8) is 0 Å². The van der Waals surface area contributed by atoms with Gasteiger partial charge in [-0.15, -0.1) is 0 Å². The van der Waals surface area contributed by atoms with Crippen LogP contribution in [0.4, 0.5) is 0 Å². The van der Waals surface area contributed by atoms with Crippen LogP contribution in [0, 0.1) is 28.6 Å². The second-order valence-electron chi connectivity index (χ2n) is 19.9. The minimum atomic E-state index is -2.07. The maximum atomic E-state index is 14.0. The summed E-state index contributed by atoms with van der Waals surface area (Å²) in [5, 5.41) is 11.4. The topological polar surface area (TPSA) is 55.8 Å². The Morgan fingerprint density at radius 1 is 0.938 bits per heavy atom. The molecule has 0 radical (unpaired) electrons. The summed E-state index contributed by atoms with van der Waals surface area (Å²) in [4.78, 5) is 14.0. The number of Topliss-reactive ketones (excluding diaryl/α,β-unsaturated/α-hetero) is 1. The quantitative estimate of drug-likeness (QED) is 0.161. The number of hydrogen-bond donors (Lipinski definition) is 1. The van der Waals surface area contributed by atoms with Crippen LogP contribution in [0.2, 0.25) is 36.3 Å². The molecule has 0 aromatic rings. The van der Waals surface area contributed by atoms with Gasteiger partial charge in [0.25, 0.3) is 0 Å². The SMILES string of the molecule is CCC(O)(CC)CCCSC(C)[C@H]1C(=O)C[C@H]2C3=CC=C4C[C@@H](O[Si](C)(C)C(C)(C)C)C[C@H](O[Si](C)(C)C(C)(C)C)[C@]4(C)[C@H]3CC[C@]12C. The fourth-order valence-electron chi connectivity index (χ4n) is 9.40. The number of rotatable bonds is 12. The first-order chi connectivity index (χ1) is 21.9. The predicted molar refractivity (Wildman–Crippen MR) is 212 cm³/mol. The third-order valence-corrected chi connectivity index (χ3v) is 25.3. The molecule has 0 aliphatic heterocycles. The number of hydrogen-bond acceptors (Lipinski definition) is 5. The van der Waals surface area contributed by atoms with Crippen LogP contribution < -0.4 is 0 Å². The van der Waals surface area contributed by atoms with E-state index < -0.39 is 22.2 Å². The maximum absolute atomic E-state index is 14.0. The number of aliphatic hydroxyl groups is 1. The maximum Gasteiger partial charge on any atom is 0.192 e. The van der Waals surface area contributed by atoms with Crippen molar-refractivity contribution in [3.8, 4) is 0 Å². The second-order valence-corrected chi connectivity index (χ2v) is 30.9. The van der Waals surface area contributed by atoms with Crippen molar-refractivity contribution in [2.24, 2.45) is 28.6 Å². The van der Waals surface area contributed by atoms with Gasteiger partial charge in [0.15, 0.2) is 16.6 Å². The molecule has 0 heterocycles. The predicted octanol–water partition coefficient (Wildman–Crippen LogP) is 11.5. The minimum Gasteiger partial charge on any atom is -0.414 e. The molecule has 0 amide bonds. The number of carbonyl (C=O) groups excluding carboxylic acids is 1. The molecule has 0 saturated heterocycles. The largest absolute Gasteiger partial charge is 0.414 e. The zero-order chi connectivity index (χ0) is 36.3. The zero-order valence-electron chi connectivity index (χ0n) is 33.8. The van der Waals surface area contributed by atoms with E-state index in [0.29, 0.717) is 29.3 Å². The van der Waals surface area contributed by atoms with Crippen LogP contribution in [0.1, 0.15) is 134 Å². The number of allylic oxidation sites excluding steroid dienone is 3. The van der Waals surface area contributed by atoms with Gasteiger partial charge in [-0.2, -0.15) is 11.8 Å². The summed E-state index contributed by atoms with van der Waals surface area (Å²) in [6.07, 6.45) is 13.5. The van der Waals surface area contributed by atoms with E-state index >= 15 is 0 Å². The lowest BCUT2D eigenvalue weighted by Crippen LogP contribution is -2.58. The summed E-state index contributed by atoms with van der Waals surface area (Å²) >= 11 is 1.97. The van der Waals surface area contributed by atoms with Gasteiger partial charge in [0.1, 0.15) is 5.78 Å². The van der Waals surface area contributed by atoms with Crippen molar-refractivity contribution < 1.29 is 18.8 Å². The molecule has 8 atom stereocenters. The molecule has 3 saturated carbocycles. The van der Waals surface area contributed by atoms with E-state index in [9.17, 15) is 9.90 Å². The third kappa shape index (κ3) is 7.49. The fourth-order valence-corrected chi connectivity index (χ4v) is 13.5. The molecule has 48 heavy (non-hydrogen) atoms. The van der Waals surface area contributed by atoms with Crippen molar-refractivity contribution in [3.05, 3.63) is 23.3 Å². The molecule has 4 aliphatic carbocycles. The molecule has 0 bridgehead atoms. The van der Waals surface area contributed by atoms with Crippen LogP contribution >= 0.6 is 11.8 Å². The lowest BCUT2D eigenvalue weighted by Gasteiger charge is -2.59. The third-order valence-electron chi connectivity index (χ3n) is 15.0. The Balaban J connectivity index is 1.62. The molecule has 276 valence electrons. The van der Waals surface area contributed by atoms with Crippen molar-refractivity contribution >= 4 is 34.2 Å². The van der Waals surface area contributed by atoms with Crippen LogP contribution in [0.25, 0.3) is 0 Å². The summed E-state index contributed by atoms with van der Waals surface area (Å²) in [6, 6.07) is 0. The molecular formula is C41H74O4SSi2. The highest BCUT2D eigenvalue weighted by Crippen LogP contribution is 2.66. The number of carbonyl (C=O) groups is 1. The van der Waals surface area contributed by atoms with Crippen LogP contribution in [0.5, 0.6) is 0 Å². The first-order valence-electron chi connectivity index (χ1n) is 19.5. The summed E-state index contributed by atoms with van der Waals surface area (Å²) in [6.45, 7) is 35.2. The van der Waals surface area contributed by atoms with E-state index in [1.165, 1.54) is 11.1 Å². The zero-order valence-corrected chi connectivity index (χ0v) is 36.6. The number of fused-ring (bicyclic) bond motifs is 5. The first kappa shape index (κ1) is 40.6. The summed E-state index contributed by atoms with van der Waals surface area (Å²) in [5.74, 6) is 2.30. The monoisotopic (exact) mass is 718 g/mol. The van der Waals surface area contributed by atoms with Gasteiger partial charge in [0.2, 0.25) is 0 Å². The normalized spacial score (nSPS) is 33.8. The smallest absolute Gasteiger partial charge is 0.192 e. The van der Waals surface area contributed by atoms with Gasteiger partial charge >= 0.3 is 0 Å². The highest BCUT2D eigenvalue weighted by Gasteiger charge is 2.62. The Hall–Kier alpha value is -0.186. The van der Waals surface area contributed by atoms with Crippen LogP contribution in [-0.4, -0.2) is 56.3 Å². The average Bonchev–Trinajstić information content (AvgIpc) is 3.24. The molecule has 3 fully saturated rings. The van der Waals surface area contributed by atoms with E-state index in [2.05, 4.69) is 115 Å². The molecule has 0 aromatic heterocycles. The van der Waals surface area contributed by atoms with Gasteiger partial charge in [-0.3, -0.25) is 4.79 Å². The Kier molecular flexibility index (Phi) is 11.8. The van der Waals surface area contributed by atoms with E-state index in [-0.39, 0.29) is 39.0 Å². The van der Waals surface area contributed by atoms with Crippen molar-refractivity contribution in [1.82, 2.24) is 0 Å². The summed E-state index contributed by atoms with van der Waals surface area (Å²) in [7, 11) is -4.02. The van der Waals surface area contributed by atoms with Gasteiger partial charge in [-0.05, 0) is 111 Å². The van der Waals surface area contributed by atoms with E-state index in [1.807, 2.05) is 11.8 Å². The Morgan fingerprint density at radius 2 is 1.52 bits per heavy atom. The van der Waals surface area contributed by atoms with E-state index in [1.54, 1.807) is 0 Å². The Morgan fingerprint density at radius 3 is 2.08 bits per heavy atom. The number of thioether (sulfide) groups is 1. The summed E-state index contributed by atoms with van der Waals surface area (Å²) < 4.78 is 14.7. The van der Waals surface area contributed by atoms with Gasteiger partial charge in [0.05, 0.1) is 17.8 Å². The highest BCUT2D eigenvalue weighted by atomic mass is 32.2. The molecule has 4 nitrogen and oxygen atoms in total.